The van der Waals surface area contributed by atoms with Crippen molar-refractivity contribution in [1.82, 2.24) is 14.9 Å². The minimum Gasteiger partial charge on any atom is -0.360 e. The molecule has 2 N–H and O–H groups in total. The normalized spacial score (nSPS) is 10.7. The standard InChI is InChI=1S/C10H12N4S2/c1-6(2)11-10(15)12-7-3-4-9-8(5-7)13-14-16-9/h3-6H,1-2H3,(H2,11,12,15). The van der Waals surface area contributed by atoms with Gasteiger partial charge in [0.15, 0.2) is 5.11 Å². The number of nitrogens with one attached hydrogen (secondary N) is 2. The number of anilines is 1. The Kier molecular flexibility index (Phi) is 3.31. The maximum absolute atomic E-state index is 5.16. The van der Waals surface area contributed by atoms with Crippen molar-refractivity contribution in [3.05, 3.63) is 18.2 Å². The molecule has 1 heterocycles. The van der Waals surface area contributed by atoms with Crippen LogP contribution in [0.3, 0.4) is 0 Å². The number of nitrogens with zero attached hydrogens (tertiary/aromatic N) is 2. The molecule has 0 saturated heterocycles. The first-order valence-corrected chi connectivity index (χ1v) is 6.13. The molecule has 0 fully saturated rings. The zero-order chi connectivity index (χ0) is 11.5. The van der Waals surface area contributed by atoms with Crippen LogP contribution in [0, 0.1) is 0 Å². The van der Waals surface area contributed by atoms with Gasteiger partial charge in [0.25, 0.3) is 0 Å². The average molecular weight is 252 g/mol. The number of rotatable bonds is 2. The lowest BCUT2D eigenvalue weighted by Crippen LogP contribution is -2.33. The summed E-state index contributed by atoms with van der Waals surface area (Å²) in [5, 5.41) is 10.9. The predicted molar refractivity (Wildman–Crippen MR) is 71.9 cm³/mol. The number of thiocarbonyl (C=S) groups is 1. The molecule has 16 heavy (non-hydrogen) atoms. The third-order valence-electron chi connectivity index (χ3n) is 1.92. The van der Waals surface area contributed by atoms with Crippen molar-refractivity contribution in [2.75, 3.05) is 5.32 Å². The quantitative estimate of drug-likeness (QED) is 0.804. The maximum Gasteiger partial charge on any atom is 0.170 e. The minimum absolute atomic E-state index is 0.324. The Hall–Kier alpha value is -1.27. The van der Waals surface area contributed by atoms with Crippen LogP contribution in [0.25, 0.3) is 10.2 Å². The summed E-state index contributed by atoms with van der Waals surface area (Å²) in [6.45, 7) is 4.09. The van der Waals surface area contributed by atoms with Crippen LogP contribution in [-0.4, -0.2) is 20.7 Å². The lowest BCUT2D eigenvalue weighted by Gasteiger charge is -2.12. The van der Waals surface area contributed by atoms with Gasteiger partial charge in [0.2, 0.25) is 0 Å². The fourth-order valence-electron chi connectivity index (χ4n) is 1.29. The second-order valence-corrected chi connectivity index (χ2v) is 4.90. The van der Waals surface area contributed by atoms with E-state index in [9.17, 15) is 0 Å². The van der Waals surface area contributed by atoms with Gasteiger partial charge in [0.05, 0.1) is 4.70 Å². The van der Waals surface area contributed by atoms with Crippen LogP contribution < -0.4 is 10.6 Å². The first-order chi connectivity index (χ1) is 7.65. The first-order valence-electron chi connectivity index (χ1n) is 4.95. The second-order valence-electron chi connectivity index (χ2n) is 3.71. The summed E-state index contributed by atoms with van der Waals surface area (Å²) in [6, 6.07) is 6.22. The van der Waals surface area contributed by atoms with Crippen LogP contribution in [0.5, 0.6) is 0 Å². The largest absolute Gasteiger partial charge is 0.360 e. The Labute approximate surface area is 103 Å². The van der Waals surface area contributed by atoms with E-state index in [0.717, 1.165) is 15.9 Å². The third kappa shape index (κ3) is 2.65. The molecular weight excluding hydrogens is 240 g/mol. The summed E-state index contributed by atoms with van der Waals surface area (Å²) in [6.07, 6.45) is 0. The van der Waals surface area contributed by atoms with Gasteiger partial charge in [-0.3, -0.25) is 0 Å². The van der Waals surface area contributed by atoms with Gasteiger partial charge in [-0.25, -0.2) is 0 Å². The molecule has 6 heteroatoms. The number of fused-ring (bicyclic) bond motifs is 1. The van der Waals surface area contributed by atoms with Crippen LogP contribution in [0.2, 0.25) is 0 Å². The Bertz CT molecular complexity index is 506. The first kappa shape index (κ1) is 11.2. The van der Waals surface area contributed by atoms with Crippen LogP contribution in [0.15, 0.2) is 18.2 Å². The van der Waals surface area contributed by atoms with Crippen LogP contribution >= 0.6 is 23.8 Å². The van der Waals surface area contributed by atoms with E-state index in [4.69, 9.17) is 12.2 Å². The van der Waals surface area contributed by atoms with Gasteiger partial charge in [0, 0.05) is 11.7 Å². The monoisotopic (exact) mass is 252 g/mol. The highest BCUT2D eigenvalue weighted by atomic mass is 32.1. The summed E-state index contributed by atoms with van der Waals surface area (Å²) in [7, 11) is 0. The highest BCUT2D eigenvalue weighted by Crippen LogP contribution is 2.19. The fraction of sp³-hybridized carbons (Fsp3) is 0.300. The Morgan fingerprint density at radius 3 is 3.00 bits per heavy atom. The molecule has 0 atom stereocenters. The number of hydrogen-bond donors (Lipinski definition) is 2. The molecular formula is C10H12N4S2. The van der Waals surface area contributed by atoms with Crippen molar-refractivity contribution in [2.24, 2.45) is 0 Å². The smallest absolute Gasteiger partial charge is 0.170 e. The van der Waals surface area contributed by atoms with Gasteiger partial charge in [-0.15, -0.1) is 5.10 Å². The van der Waals surface area contributed by atoms with Gasteiger partial charge < -0.3 is 10.6 Å². The Morgan fingerprint density at radius 2 is 2.25 bits per heavy atom. The van der Waals surface area contributed by atoms with E-state index >= 15 is 0 Å². The van der Waals surface area contributed by atoms with Crippen molar-refractivity contribution >= 4 is 44.8 Å². The number of benzene rings is 1. The Balaban J connectivity index is 2.11. The molecule has 0 spiro atoms. The summed E-state index contributed by atoms with van der Waals surface area (Å²) >= 11 is 6.55. The zero-order valence-corrected chi connectivity index (χ0v) is 10.7. The molecule has 0 aliphatic carbocycles. The summed E-state index contributed by atoms with van der Waals surface area (Å²) < 4.78 is 4.96. The molecule has 0 amide bonds. The van der Waals surface area contributed by atoms with Gasteiger partial charge in [-0.05, 0) is 55.8 Å². The molecule has 4 nitrogen and oxygen atoms in total. The molecule has 84 valence electrons. The molecule has 2 rings (SSSR count). The molecule has 1 aromatic heterocycles. The SMILES string of the molecule is CC(C)NC(=S)Nc1ccc2snnc2c1. The van der Waals surface area contributed by atoms with Crippen molar-refractivity contribution in [3.63, 3.8) is 0 Å². The predicted octanol–water partition coefficient (Wildman–Crippen LogP) is 2.39. The molecule has 0 saturated carbocycles. The van der Waals surface area contributed by atoms with E-state index in [-0.39, 0.29) is 0 Å². The van der Waals surface area contributed by atoms with Crippen molar-refractivity contribution in [1.29, 1.82) is 0 Å². The van der Waals surface area contributed by atoms with Gasteiger partial charge in [-0.2, -0.15) is 0 Å². The summed E-state index contributed by atoms with van der Waals surface area (Å²) in [5.41, 5.74) is 1.82. The van der Waals surface area contributed by atoms with Gasteiger partial charge >= 0.3 is 0 Å². The summed E-state index contributed by atoms with van der Waals surface area (Å²) in [5.74, 6) is 0. The van der Waals surface area contributed by atoms with E-state index in [0.29, 0.717) is 11.2 Å². The van der Waals surface area contributed by atoms with Crippen molar-refractivity contribution in [3.8, 4) is 0 Å². The van der Waals surface area contributed by atoms with Gasteiger partial charge in [0.1, 0.15) is 5.52 Å². The third-order valence-corrected chi connectivity index (χ3v) is 2.85. The number of aromatic nitrogens is 2. The molecule has 0 unspecified atom stereocenters. The van der Waals surface area contributed by atoms with Crippen LogP contribution in [-0.2, 0) is 0 Å². The van der Waals surface area contributed by atoms with Crippen molar-refractivity contribution in [2.45, 2.75) is 19.9 Å². The van der Waals surface area contributed by atoms with Crippen LogP contribution in [0.1, 0.15) is 13.8 Å². The lowest BCUT2D eigenvalue weighted by atomic mass is 10.3. The fourth-order valence-corrected chi connectivity index (χ4v) is 2.18. The molecule has 0 aliphatic heterocycles. The topological polar surface area (TPSA) is 49.8 Å². The van der Waals surface area contributed by atoms with Crippen molar-refractivity contribution < 1.29 is 0 Å². The van der Waals surface area contributed by atoms with E-state index in [1.807, 2.05) is 32.0 Å². The summed E-state index contributed by atoms with van der Waals surface area (Å²) in [4.78, 5) is 0. The van der Waals surface area contributed by atoms with Crippen LogP contribution in [0.4, 0.5) is 5.69 Å². The van der Waals surface area contributed by atoms with E-state index < -0.39 is 0 Å². The molecule has 0 aliphatic rings. The molecule has 0 radical (unpaired) electrons. The minimum atomic E-state index is 0.324. The Morgan fingerprint density at radius 1 is 1.44 bits per heavy atom. The van der Waals surface area contributed by atoms with E-state index in [1.54, 1.807) is 0 Å². The maximum atomic E-state index is 5.16. The zero-order valence-electron chi connectivity index (χ0n) is 9.02. The number of hydrogen-bond acceptors (Lipinski definition) is 4. The molecule has 1 aromatic carbocycles. The van der Waals surface area contributed by atoms with Gasteiger partial charge in [-0.1, -0.05) is 4.49 Å². The van der Waals surface area contributed by atoms with E-state index in [2.05, 4.69) is 20.2 Å². The van der Waals surface area contributed by atoms with E-state index in [1.165, 1.54) is 11.5 Å². The lowest BCUT2D eigenvalue weighted by molar-refractivity contribution is 0.739. The highest BCUT2D eigenvalue weighted by Gasteiger charge is 2.02. The molecule has 0 bridgehead atoms. The second kappa shape index (κ2) is 4.71. The average Bonchev–Trinajstić information content (AvgIpc) is 2.63. The highest BCUT2D eigenvalue weighted by molar-refractivity contribution is 7.80. The molecule has 2 aromatic rings.